The molecule has 0 radical (unpaired) electrons. The number of halogens is 3. The summed E-state index contributed by atoms with van der Waals surface area (Å²) >= 11 is 1.32. The maximum Gasteiger partial charge on any atom is 0.433 e. The lowest BCUT2D eigenvalue weighted by Crippen LogP contribution is -2.43. The minimum Gasteiger partial charge on any atom is -0.465 e. The zero-order valence-electron chi connectivity index (χ0n) is 18.1. The molecule has 1 unspecified atom stereocenters. The molecular formula is C22H22F3N5O3S. The molecule has 1 saturated heterocycles. The number of hydrogen-bond donors (Lipinski definition) is 3. The van der Waals surface area contributed by atoms with E-state index in [-0.39, 0.29) is 11.9 Å². The van der Waals surface area contributed by atoms with Crippen molar-refractivity contribution in [2.24, 2.45) is 5.92 Å². The topological polar surface area (TPSA) is 111 Å². The first-order valence-corrected chi connectivity index (χ1v) is 11.3. The number of anilines is 2. The van der Waals surface area contributed by atoms with Crippen molar-refractivity contribution >= 4 is 29.1 Å². The Morgan fingerprint density at radius 3 is 2.62 bits per heavy atom. The third-order valence-electron chi connectivity index (χ3n) is 5.85. The molecule has 180 valence electrons. The van der Waals surface area contributed by atoms with E-state index in [0.717, 1.165) is 22.7 Å². The van der Waals surface area contributed by atoms with Crippen molar-refractivity contribution in [1.82, 2.24) is 19.9 Å². The van der Waals surface area contributed by atoms with Crippen LogP contribution in [-0.4, -0.2) is 49.2 Å². The quantitative estimate of drug-likeness (QED) is 0.461. The smallest absolute Gasteiger partial charge is 0.433 e. The molecule has 0 spiro atoms. The average molecular weight is 494 g/mol. The Bertz CT molecular complexity index is 1180. The van der Waals surface area contributed by atoms with Gasteiger partial charge in [-0.2, -0.15) is 13.2 Å². The Balaban J connectivity index is 1.50. The number of aliphatic hydroxyl groups is 1. The van der Waals surface area contributed by atoms with Gasteiger partial charge in [0.25, 0.3) is 0 Å². The Labute approximate surface area is 197 Å². The molecule has 1 amide bonds. The van der Waals surface area contributed by atoms with Gasteiger partial charge >= 0.3 is 12.3 Å². The first-order valence-electron chi connectivity index (χ1n) is 10.5. The lowest BCUT2D eigenvalue weighted by atomic mass is 9.82. The van der Waals surface area contributed by atoms with Crippen LogP contribution in [0.2, 0.25) is 0 Å². The number of likely N-dealkylation sites (tertiary alicyclic amines) is 1. The molecule has 1 aromatic carbocycles. The fraction of sp³-hybridized carbons (Fsp3) is 0.364. The molecule has 1 aliphatic rings. The highest BCUT2D eigenvalue weighted by atomic mass is 32.1. The number of piperidine rings is 1. The van der Waals surface area contributed by atoms with Crippen molar-refractivity contribution < 1.29 is 28.2 Å². The summed E-state index contributed by atoms with van der Waals surface area (Å²) in [5.41, 5.74) is -0.989. The summed E-state index contributed by atoms with van der Waals surface area (Å²) in [4.78, 5) is 25.0. The highest BCUT2D eigenvalue weighted by Crippen LogP contribution is 2.40. The molecule has 0 saturated carbocycles. The van der Waals surface area contributed by atoms with Crippen LogP contribution in [0.1, 0.15) is 30.5 Å². The molecule has 1 aliphatic heterocycles. The maximum atomic E-state index is 12.9. The van der Waals surface area contributed by atoms with Crippen LogP contribution in [0.15, 0.2) is 42.7 Å². The van der Waals surface area contributed by atoms with Gasteiger partial charge in [0, 0.05) is 31.2 Å². The predicted octanol–water partition coefficient (Wildman–Crippen LogP) is 4.96. The van der Waals surface area contributed by atoms with E-state index in [1.165, 1.54) is 16.2 Å². The Morgan fingerprint density at radius 2 is 1.94 bits per heavy atom. The molecule has 3 N–H and O–H groups in total. The summed E-state index contributed by atoms with van der Waals surface area (Å²) in [5, 5.41) is 23.6. The fourth-order valence-electron chi connectivity index (χ4n) is 3.91. The zero-order chi connectivity index (χ0) is 24.5. The third-order valence-corrected chi connectivity index (χ3v) is 7.12. The molecule has 1 atom stereocenters. The van der Waals surface area contributed by atoms with Crippen molar-refractivity contribution in [2.75, 3.05) is 18.4 Å². The normalized spacial score (nSPS) is 16.8. The number of benzene rings is 1. The minimum absolute atomic E-state index is 0.131. The van der Waals surface area contributed by atoms with Gasteiger partial charge in [0.15, 0.2) is 0 Å². The number of hydrogen-bond acceptors (Lipinski definition) is 7. The lowest BCUT2D eigenvalue weighted by molar-refractivity contribution is -0.141. The van der Waals surface area contributed by atoms with Crippen LogP contribution in [0.5, 0.6) is 0 Å². The van der Waals surface area contributed by atoms with Crippen LogP contribution in [0.3, 0.4) is 0 Å². The fourth-order valence-corrected chi connectivity index (χ4v) is 4.94. The second kappa shape index (κ2) is 9.18. The van der Waals surface area contributed by atoms with Crippen LogP contribution in [-0.2, 0) is 11.8 Å². The van der Waals surface area contributed by atoms with Crippen LogP contribution in [0.4, 0.5) is 29.6 Å². The highest BCUT2D eigenvalue weighted by Gasteiger charge is 2.39. The van der Waals surface area contributed by atoms with Gasteiger partial charge in [-0.15, -0.1) is 11.3 Å². The largest absolute Gasteiger partial charge is 0.465 e. The van der Waals surface area contributed by atoms with E-state index in [1.54, 1.807) is 31.3 Å². The van der Waals surface area contributed by atoms with Crippen LogP contribution >= 0.6 is 11.3 Å². The summed E-state index contributed by atoms with van der Waals surface area (Å²) in [6.07, 6.45) is -1.78. The summed E-state index contributed by atoms with van der Waals surface area (Å²) in [6, 6.07) is 7.79. The number of carbonyl (C=O) groups is 1. The maximum absolute atomic E-state index is 12.9. The number of aromatic nitrogens is 3. The predicted molar refractivity (Wildman–Crippen MR) is 120 cm³/mol. The van der Waals surface area contributed by atoms with Crippen LogP contribution in [0, 0.1) is 5.92 Å². The van der Waals surface area contributed by atoms with E-state index in [9.17, 15) is 23.1 Å². The van der Waals surface area contributed by atoms with Crippen molar-refractivity contribution in [3.8, 4) is 10.4 Å². The number of thiazole rings is 1. The summed E-state index contributed by atoms with van der Waals surface area (Å²) < 4.78 is 38.7. The number of amides is 1. The summed E-state index contributed by atoms with van der Waals surface area (Å²) in [5.74, 6) is -0.305. The van der Waals surface area contributed by atoms with Gasteiger partial charge in [0.2, 0.25) is 5.95 Å². The summed E-state index contributed by atoms with van der Waals surface area (Å²) in [7, 11) is 0. The molecule has 0 aliphatic carbocycles. The van der Waals surface area contributed by atoms with E-state index in [2.05, 4.69) is 20.3 Å². The monoisotopic (exact) mass is 493 g/mol. The molecule has 3 heterocycles. The van der Waals surface area contributed by atoms with E-state index < -0.39 is 23.6 Å². The molecule has 8 nitrogen and oxygen atoms in total. The molecule has 4 rings (SSSR count). The standard InChI is InChI=1S/C22H22F3N5O3S/c1-21(33,14-6-9-30(10-7-14)20(31)32)18-27-12-16(34-18)13-3-2-4-15(11-13)28-19-26-8-5-17(29-19)22(23,24)25/h2-5,8,11-12,14,33H,6-7,9-10H2,1H3,(H,31,32)(H,26,28,29). The van der Waals surface area contributed by atoms with E-state index in [0.29, 0.717) is 36.6 Å². The average Bonchev–Trinajstić information content (AvgIpc) is 3.30. The summed E-state index contributed by atoms with van der Waals surface area (Å²) in [6.45, 7) is 2.42. The Kier molecular flexibility index (Phi) is 6.45. The number of nitrogens with one attached hydrogen (secondary N) is 1. The van der Waals surface area contributed by atoms with Gasteiger partial charge in [-0.1, -0.05) is 12.1 Å². The first-order chi connectivity index (χ1) is 16.0. The Morgan fingerprint density at radius 1 is 1.21 bits per heavy atom. The molecule has 12 heteroatoms. The second-order valence-corrected chi connectivity index (χ2v) is 9.22. The van der Waals surface area contributed by atoms with Crippen molar-refractivity contribution in [2.45, 2.75) is 31.5 Å². The molecule has 3 aromatic rings. The molecule has 2 aromatic heterocycles. The zero-order valence-corrected chi connectivity index (χ0v) is 18.9. The van der Waals surface area contributed by atoms with E-state index >= 15 is 0 Å². The van der Waals surface area contributed by atoms with Gasteiger partial charge in [-0.3, -0.25) is 0 Å². The van der Waals surface area contributed by atoms with Gasteiger partial charge in [-0.25, -0.2) is 19.7 Å². The highest BCUT2D eigenvalue weighted by molar-refractivity contribution is 7.15. The number of carboxylic acid groups (broad SMARTS) is 1. The molecular weight excluding hydrogens is 471 g/mol. The van der Waals surface area contributed by atoms with Crippen LogP contribution in [0.25, 0.3) is 10.4 Å². The van der Waals surface area contributed by atoms with Gasteiger partial charge in [0.05, 0.1) is 4.88 Å². The van der Waals surface area contributed by atoms with Gasteiger partial charge in [0.1, 0.15) is 16.3 Å². The van der Waals surface area contributed by atoms with E-state index in [1.807, 2.05) is 6.07 Å². The SMILES string of the molecule is CC(O)(c1ncc(-c2cccc(Nc3nccc(C(F)(F)F)n3)c2)s1)C1CCN(C(=O)O)CC1. The number of nitrogens with zero attached hydrogens (tertiary/aromatic N) is 4. The van der Waals surface area contributed by atoms with Gasteiger partial charge < -0.3 is 20.4 Å². The molecule has 1 fully saturated rings. The second-order valence-electron chi connectivity index (χ2n) is 8.19. The Hall–Kier alpha value is -3.25. The van der Waals surface area contributed by atoms with Gasteiger partial charge in [-0.05, 0) is 49.4 Å². The van der Waals surface area contributed by atoms with Crippen molar-refractivity contribution in [3.05, 3.63) is 53.4 Å². The van der Waals surface area contributed by atoms with Crippen molar-refractivity contribution in [3.63, 3.8) is 0 Å². The molecule has 0 bridgehead atoms. The minimum atomic E-state index is -4.57. The molecule has 34 heavy (non-hydrogen) atoms. The third kappa shape index (κ3) is 5.12. The lowest BCUT2D eigenvalue weighted by Gasteiger charge is -2.37. The van der Waals surface area contributed by atoms with Crippen molar-refractivity contribution in [1.29, 1.82) is 0 Å². The number of rotatable bonds is 5. The van der Waals surface area contributed by atoms with Crippen LogP contribution < -0.4 is 5.32 Å². The van der Waals surface area contributed by atoms with E-state index in [4.69, 9.17) is 5.11 Å². The first kappa shape index (κ1) is 23.9. The number of alkyl halides is 3.